The summed E-state index contributed by atoms with van der Waals surface area (Å²) >= 11 is 0. The summed E-state index contributed by atoms with van der Waals surface area (Å²) in [5.41, 5.74) is 0.557. The molecule has 0 saturated heterocycles. The molecule has 2 aromatic rings. The Morgan fingerprint density at radius 2 is 2.18 bits per heavy atom. The van der Waals surface area contributed by atoms with Gasteiger partial charge in [-0.1, -0.05) is 25.9 Å². The van der Waals surface area contributed by atoms with Crippen LogP contribution in [0.5, 0.6) is 0 Å². The summed E-state index contributed by atoms with van der Waals surface area (Å²) in [6.45, 7) is 6.75. The van der Waals surface area contributed by atoms with Gasteiger partial charge in [0, 0.05) is 12.1 Å². The van der Waals surface area contributed by atoms with E-state index in [1.165, 1.54) is 6.42 Å². The molecule has 118 valence electrons. The summed E-state index contributed by atoms with van der Waals surface area (Å²) in [5.74, 6) is 1.47. The summed E-state index contributed by atoms with van der Waals surface area (Å²) < 4.78 is 10.4. The molecular formula is C17H22N2O3. The molecule has 2 heterocycles. The predicted molar refractivity (Wildman–Crippen MR) is 82.3 cm³/mol. The molecule has 22 heavy (non-hydrogen) atoms. The van der Waals surface area contributed by atoms with Gasteiger partial charge in [0.15, 0.2) is 11.5 Å². The van der Waals surface area contributed by atoms with Crippen LogP contribution in [-0.2, 0) is 0 Å². The lowest BCUT2D eigenvalue weighted by Gasteiger charge is -2.39. The third-order valence-electron chi connectivity index (χ3n) is 4.23. The fourth-order valence-corrected chi connectivity index (χ4v) is 3.63. The van der Waals surface area contributed by atoms with Gasteiger partial charge in [-0.3, -0.25) is 4.79 Å². The van der Waals surface area contributed by atoms with Crippen LogP contribution in [-0.4, -0.2) is 17.1 Å². The summed E-state index contributed by atoms with van der Waals surface area (Å²) in [6, 6.07) is 5.34. The average molecular weight is 302 g/mol. The summed E-state index contributed by atoms with van der Waals surface area (Å²) in [7, 11) is 0. The van der Waals surface area contributed by atoms with E-state index in [1.54, 1.807) is 24.5 Å². The molecule has 0 bridgehead atoms. The monoisotopic (exact) mass is 302 g/mol. The van der Waals surface area contributed by atoms with Crippen molar-refractivity contribution in [2.24, 2.45) is 11.3 Å². The molecule has 3 rings (SSSR count). The summed E-state index contributed by atoms with van der Waals surface area (Å²) in [4.78, 5) is 12.3. The molecule has 0 aromatic carbocycles. The molecule has 5 heteroatoms. The van der Waals surface area contributed by atoms with E-state index in [0.29, 0.717) is 23.1 Å². The minimum atomic E-state index is -0.184. The van der Waals surface area contributed by atoms with Gasteiger partial charge in [-0.25, -0.2) is 0 Å². The third-order valence-corrected chi connectivity index (χ3v) is 4.23. The highest BCUT2D eigenvalue weighted by Crippen LogP contribution is 2.38. The first-order valence-corrected chi connectivity index (χ1v) is 7.74. The van der Waals surface area contributed by atoms with Gasteiger partial charge < -0.3 is 14.3 Å². The zero-order valence-corrected chi connectivity index (χ0v) is 13.3. The summed E-state index contributed by atoms with van der Waals surface area (Å²) in [6.07, 6.45) is 4.76. The molecule has 1 aliphatic rings. The van der Waals surface area contributed by atoms with Gasteiger partial charge in [-0.05, 0) is 42.7 Å². The second kappa shape index (κ2) is 5.63. The molecule has 1 saturated carbocycles. The number of rotatable bonds is 3. The van der Waals surface area contributed by atoms with E-state index >= 15 is 0 Å². The largest absolute Gasteiger partial charge is 0.461 e. The van der Waals surface area contributed by atoms with Crippen LogP contribution in [0.4, 0.5) is 0 Å². The number of carbonyl (C=O) groups excluding carboxylic acids is 1. The second-order valence-corrected chi connectivity index (χ2v) is 7.14. The lowest BCUT2D eigenvalue weighted by atomic mass is 9.70. The quantitative estimate of drug-likeness (QED) is 0.934. The molecule has 0 spiro atoms. The maximum Gasteiger partial charge on any atom is 0.273 e. The molecule has 2 aromatic heterocycles. The van der Waals surface area contributed by atoms with Crippen molar-refractivity contribution in [3.63, 3.8) is 0 Å². The highest BCUT2D eigenvalue weighted by molar-refractivity contribution is 5.93. The molecule has 1 amide bonds. The lowest BCUT2D eigenvalue weighted by molar-refractivity contribution is 0.0865. The summed E-state index contributed by atoms with van der Waals surface area (Å²) in [5, 5.41) is 6.93. The predicted octanol–water partition coefficient (Wildman–Crippen LogP) is 3.88. The lowest BCUT2D eigenvalue weighted by Crippen LogP contribution is -2.43. The molecule has 1 aliphatic carbocycles. The molecule has 2 atom stereocenters. The highest BCUT2D eigenvalue weighted by Gasteiger charge is 2.33. The number of furan rings is 1. The van der Waals surface area contributed by atoms with Crippen LogP contribution in [0, 0.1) is 11.3 Å². The fourth-order valence-electron chi connectivity index (χ4n) is 3.63. The van der Waals surface area contributed by atoms with E-state index in [2.05, 4.69) is 31.2 Å². The zero-order valence-electron chi connectivity index (χ0n) is 13.3. The smallest absolute Gasteiger partial charge is 0.273 e. The van der Waals surface area contributed by atoms with Crippen molar-refractivity contribution in [3.05, 3.63) is 30.2 Å². The first-order chi connectivity index (χ1) is 10.4. The maximum atomic E-state index is 12.3. The number of hydrogen-bond donors (Lipinski definition) is 1. The van der Waals surface area contributed by atoms with Crippen LogP contribution in [0.15, 0.2) is 33.4 Å². The third kappa shape index (κ3) is 3.24. The van der Waals surface area contributed by atoms with Crippen molar-refractivity contribution >= 4 is 5.91 Å². The highest BCUT2D eigenvalue weighted by atomic mass is 16.5. The van der Waals surface area contributed by atoms with Crippen molar-refractivity contribution in [2.45, 2.75) is 46.1 Å². The number of nitrogens with zero attached hydrogens (tertiary/aromatic N) is 1. The van der Waals surface area contributed by atoms with E-state index in [9.17, 15) is 4.79 Å². The standard InChI is InChI=1S/C17H22N2O3/c1-11-7-12(10-17(2,3)9-11)18-16(20)13-8-15(22-19-13)14-5-4-6-21-14/h4-6,8,11-12H,7,9-10H2,1-3H3,(H,18,20)/t11-,12-/m1/s1. The number of amides is 1. The number of aromatic nitrogens is 1. The van der Waals surface area contributed by atoms with Crippen LogP contribution in [0.25, 0.3) is 11.5 Å². The SMILES string of the molecule is C[C@@H]1C[C@@H](NC(=O)c2cc(-c3ccco3)on2)CC(C)(C)C1. The number of hydrogen-bond acceptors (Lipinski definition) is 4. The maximum absolute atomic E-state index is 12.3. The van der Waals surface area contributed by atoms with Crippen molar-refractivity contribution in [3.8, 4) is 11.5 Å². The first kappa shape index (κ1) is 14.9. The van der Waals surface area contributed by atoms with Crippen LogP contribution >= 0.6 is 0 Å². The fraction of sp³-hybridized carbons (Fsp3) is 0.529. The number of nitrogens with one attached hydrogen (secondary N) is 1. The van der Waals surface area contributed by atoms with E-state index in [-0.39, 0.29) is 17.4 Å². The Kier molecular flexibility index (Phi) is 3.81. The molecule has 0 radical (unpaired) electrons. The van der Waals surface area contributed by atoms with Gasteiger partial charge in [-0.15, -0.1) is 0 Å². The molecule has 0 aliphatic heterocycles. The second-order valence-electron chi connectivity index (χ2n) is 7.14. The molecule has 5 nitrogen and oxygen atoms in total. The molecule has 1 N–H and O–H groups in total. The van der Waals surface area contributed by atoms with Gasteiger partial charge >= 0.3 is 0 Å². The molecular weight excluding hydrogens is 280 g/mol. The van der Waals surface area contributed by atoms with E-state index in [1.807, 2.05) is 0 Å². The first-order valence-electron chi connectivity index (χ1n) is 7.74. The van der Waals surface area contributed by atoms with E-state index in [4.69, 9.17) is 8.94 Å². The van der Waals surface area contributed by atoms with E-state index < -0.39 is 0 Å². The Bertz CT molecular complexity index is 643. The Hall–Kier alpha value is -2.04. The van der Waals surface area contributed by atoms with Crippen LogP contribution in [0.3, 0.4) is 0 Å². The van der Waals surface area contributed by atoms with Gasteiger partial charge in [0.2, 0.25) is 5.76 Å². The zero-order chi connectivity index (χ0) is 15.7. The Balaban J connectivity index is 1.67. The van der Waals surface area contributed by atoms with Crippen LogP contribution in [0.2, 0.25) is 0 Å². The Labute approximate surface area is 130 Å². The topological polar surface area (TPSA) is 68.3 Å². The van der Waals surface area contributed by atoms with Crippen molar-refractivity contribution in [2.75, 3.05) is 0 Å². The minimum Gasteiger partial charge on any atom is -0.461 e. The van der Waals surface area contributed by atoms with Crippen LogP contribution in [0.1, 0.15) is 50.5 Å². The van der Waals surface area contributed by atoms with Crippen LogP contribution < -0.4 is 5.32 Å². The van der Waals surface area contributed by atoms with Gasteiger partial charge in [-0.2, -0.15) is 0 Å². The van der Waals surface area contributed by atoms with Crippen molar-refractivity contribution in [1.82, 2.24) is 10.5 Å². The Morgan fingerprint density at radius 1 is 1.36 bits per heavy atom. The van der Waals surface area contributed by atoms with Gasteiger partial charge in [0.05, 0.1) is 6.26 Å². The normalized spacial score (nSPS) is 24.1. The van der Waals surface area contributed by atoms with Gasteiger partial charge in [0.1, 0.15) is 0 Å². The van der Waals surface area contributed by atoms with Crippen molar-refractivity contribution < 1.29 is 13.7 Å². The minimum absolute atomic E-state index is 0.184. The van der Waals surface area contributed by atoms with Gasteiger partial charge in [0.25, 0.3) is 5.91 Å². The molecule has 1 fully saturated rings. The molecule has 0 unspecified atom stereocenters. The number of carbonyl (C=O) groups is 1. The van der Waals surface area contributed by atoms with E-state index in [0.717, 1.165) is 12.8 Å². The van der Waals surface area contributed by atoms with Crippen molar-refractivity contribution in [1.29, 1.82) is 0 Å². The average Bonchev–Trinajstić information content (AvgIpc) is 3.07. The Morgan fingerprint density at radius 3 is 2.86 bits per heavy atom.